The molecule has 0 aliphatic carbocycles. The van der Waals surface area contributed by atoms with Gasteiger partial charge >= 0.3 is 11.9 Å². The summed E-state index contributed by atoms with van der Waals surface area (Å²) < 4.78 is 0. The van der Waals surface area contributed by atoms with E-state index in [0.717, 1.165) is 51.4 Å². The van der Waals surface area contributed by atoms with Crippen LogP contribution in [0.25, 0.3) is 0 Å². The number of rotatable bonds is 11. The van der Waals surface area contributed by atoms with E-state index in [1.54, 1.807) is 0 Å². The minimum atomic E-state index is -0.714. The molecule has 0 aliphatic rings. The third-order valence-electron chi connectivity index (χ3n) is 2.53. The molecule has 0 atom stereocenters. The van der Waals surface area contributed by atoms with E-state index in [4.69, 9.17) is 10.2 Å². The van der Waals surface area contributed by atoms with Crippen LogP contribution in [0.4, 0.5) is 0 Å². The minimum absolute atomic E-state index is 0. The highest BCUT2D eigenvalue weighted by molar-refractivity contribution is 5.85. The van der Waals surface area contributed by atoms with E-state index in [1.165, 1.54) is 0 Å². The first-order valence-corrected chi connectivity index (χ1v) is 6.06. The van der Waals surface area contributed by atoms with Crippen molar-refractivity contribution in [3.8, 4) is 0 Å². The van der Waals surface area contributed by atoms with Crippen LogP contribution in [-0.4, -0.2) is 22.2 Å². The molecular formula is C12H24Cl2O4. The van der Waals surface area contributed by atoms with Gasteiger partial charge in [-0.05, 0) is 12.8 Å². The van der Waals surface area contributed by atoms with Gasteiger partial charge in [-0.15, -0.1) is 24.8 Å². The molecule has 0 radical (unpaired) electrons. The van der Waals surface area contributed by atoms with Crippen molar-refractivity contribution < 1.29 is 19.8 Å². The lowest BCUT2D eigenvalue weighted by atomic mass is 10.1. The second-order valence-electron chi connectivity index (χ2n) is 4.12. The van der Waals surface area contributed by atoms with Crippen LogP contribution in [0.2, 0.25) is 0 Å². The van der Waals surface area contributed by atoms with Crippen molar-refractivity contribution in [1.29, 1.82) is 0 Å². The molecule has 2 N–H and O–H groups in total. The maximum Gasteiger partial charge on any atom is 0.303 e. The molecule has 0 spiro atoms. The van der Waals surface area contributed by atoms with E-state index in [1.807, 2.05) is 0 Å². The molecule has 0 aromatic carbocycles. The van der Waals surface area contributed by atoms with Crippen molar-refractivity contribution in [2.45, 2.75) is 64.2 Å². The highest BCUT2D eigenvalue weighted by Gasteiger charge is 1.98. The third kappa shape index (κ3) is 20.9. The summed E-state index contributed by atoms with van der Waals surface area (Å²) in [5.41, 5.74) is 0. The van der Waals surface area contributed by atoms with E-state index in [0.29, 0.717) is 0 Å². The number of hydrogen-bond acceptors (Lipinski definition) is 2. The van der Waals surface area contributed by atoms with Gasteiger partial charge < -0.3 is 10.2 Å². The van der Waals surface area contributed by atoms with Crippen LogP contribution in [0, 0.1) is 0 Å². The summed E-state index contributed by atoms with van der Waals surface area (Å²) in [5, 5.41) is 16.8. The van der Waals surface area contributed by atoms with E-state index in [9.17, 15) is 9.59 Å². The number of hydrogen-bond donors (Lipinski definition) is 2. The first kappa shape index (κ1) is 22.7. The van der Waals surface area contributed by atoms with Crippen molar-refractivity contribution in [3.63, 3.8) is 0 Å². The molecule has 0 unspecified atom stereocenters. The standard InChI is InChI=1S/C12H22O4.2ClH/c13-11(14)9-7-5-3-1-2-4-6-8-10-12(15)16;;/h1-10H2,(H,13,14)(H,15,16);2*1H. The second-order valence-corrected chi connectivity index (χ2v) is 4.12. The molecule has 6 heteroatoms. The molecular weight excluding hydrogens is 279 g/mol. The highest BCUT2D eigenvalue weighted by Crippen LogP contribution is 2.10. The maximum atomic E-state index is 10.2. The first-order valence-electron chi connectivity index (χ1n) is 6.06. The molecule has 0 saturated carbocycles. The molecule has 110 valence electrons. The molecule has 0 saturated heterocycles. The van der Waals surface area contributed by atoms with Gasteiger partial charge in [-0.3, -0.25) is 9.59 Å². The summed E-state index contributed by atoms with van der Waals surface area (Å²) in [6.07, 6.45) is 8.51. The highest BCUT2D eigenvalue weighted by atomic mass is 35.5. The van der Waals surface area contributed by atoms with Gasteiger partial charge in [0.25, 0.3) is 0 Å². The van der Waals surface area contributed by atoms with E-state index in [2.05, 4.69) is 0 Å². The van der Waals surface area contributed by atoms with Crippen molar-refractivity contribution in [3.05, 3.63) is 0 Å². The van der Waals surface area contributed by atoms with Crippen LogP contribution >= 0.6 is 24.8 Å². The Balaban J connectivity index is -0.00000112. The molecule has 0 aromatic heterocycles. The minimum Gasteiger partial charge on any atom is -0.481 e. The number of aliphatic carboxylic acids is 2. The number of carboxylic acids is 2. The zero-order valence-electron chi connectivity index (χ0n) is 10.6. The van der Waals surface area contributed by atoms with Crippen molar-refractivity contribution >= 4 is 36.8 Å². The summed E-state index contributed by atoms with van der Waals surface area (Å²) in [4.78, 5) is 20.4. The van der Waals surface area contributed by atoms with Crippen molar-refractivity contribution in [2.75, 3.05) is 0 Å². The molecule has 0 aliphatic heterocycles. The van der Waals surface area contributed by atoms with Crippen LogP contribution in [-0.2, 0) is 9.59 Å². The van der Waals surface area contributed by atoms with Crippen molar-refractivity contribution in [1.82, 2.24) is 0 Å². The van der Waals surface area contributed by atoms with Crippen LogP contribution in [0.5, 0.6) is 0 Å². The molecule has 0 heterocycles. The Morgan fingerprint density at radius 2 is 0.778 bits per heavy atom. The molecule has 0 rings (SSSR count). The van der Waals surface area contributed by atoms with Gasteiger partial charge in [0.15, 0.2) is 0 Å². The van der Waals surface area contributed by atoms with Crippen LogP contribution in [0.15, 0.2) is 0 Å². The zero-order valence-corrected chi connectivity index (χ0v) is 12.2. The average molecular weight is 303 g/mol. The predicted molar refractivity (Wildman–Crippen MR) is 75.9 cm³/mol. The van der Waals surface area contributed by atoms with E-state index < -0.39 is 11.9 Å². The largest absolute Gasteiger partial charge is 0.481 e. The van der Waals surface area contributed by atoms with Crippen LogP contribution < -0.4 is 0 Å². The lowest BCUT2D eigenvalue weighted by molar-refractivity contribution is -0.138. The fourth-order valence-corrected chi connectivity index (χ4v) is 1.61. The molecule has 0 amide bonds. The monoisotopic (exact) mass is 302 g/mol. The van der Waals surface area contributed by atoms with Gasteiger partial charge in [-0.25, -0.2) is 0 Å². The Morgan fingerprint density at radius 1 is 0.556 bits per heavy atom. The smallest absolute Gasteiger partial charge is 0.303 e. The van der Waals surface area contributed by atoms with Gasteiger partial charge in [0.2, 0.25) is 0 Å². The second kappa shape index (κ2) is 16.5. The topological polar surface area (TPSA) is 74.6 Å². The normalized spacial score (nSPS) is 9.11. The van der Waals surface area contributed by atoms with Gasteiger partial charge in [0.1, 0.15) is 0 Å². The number of carbonyl (C=O) groups is 2. The van der Waals surface area contributed by atoms with Gasteiger partial charge in [-0.2, -0.15) is 0 Å². The Morgan fingerprint density at radius 3 is 1.00 bits per heavy atom. The molecule has 0 aromatic rings. The number of carboxylic acid groups (broad SMARTS) is 2. The van der Waals surface area contributed by atoms with Gasteiger partial charge in [0.05, 0.1) is 0 Å². The average Bonchev–Trinajstić information content (AvgIpc) is 2.20. The van der Waals surface area contributed by atoms with Gasteiger partial charge in [0, 0.05) is 12.8 Å². The Bertz CT molecular complexity index is 188. The van der Waals surface area contributed by atoms with Gasteiger partial charge in [-0.1, -0.05) is 38.5 Å². The number of halogens is 2. The summed E-state index contributed by atoms with van der Waals surface area (Å²) in [6, 6.07) is 0. The molecule has 18 heavy (non-hydrogen) atoms. The van der Waals surface area contributed by atoms with Crippen molar-refractivity contribution in [2.24, 2.45) is 0 Å². The lowest BCUT2D eigenvalue weighted by Gasteiger charge is -2.00. The summed E-state index contributed by atoms with van der Waals surface area (Å²) in [7, 11) is 0. The molecule has 0 bridgehead atoms. The maximum absolute atomic E-state index is 10.2. The predicted octanol–water partition coefficient (Wildman–Crippen LogP) is 3.90. The zero-order chi connectivity index (χ0) is 12.2. The third-order valence-corrected chi connectivity index (χ3v) is 2.53. The summed E-state index contributed by atoms with van der Waals surface area (Å²) in [6.45, 7) is 0. The van der Waals surface area contributed by atoms with Crippen LogP contribution in [0.1, 0.15) is 64.2 Å². The fourth-order valence-electron chi connectivity index (χ4n) is 1.61. The van der Waals surface area contributed by atoms with Crippen LogP contribution in [0.3, 0.4) is 0 Å². The molecule has 4 nitrogen and oxygen atoms in total. The summed E-state index contributed by atoms with van der Waals surface area (Å²) in [5.74, 6) is -1.43. The van der Waals surface area contributed by atoms with E-state index >= 15 is 0 Å². The first-order chi connectivity index (χ1) is 7.63. The summed E-state index contributed by atoms with van der Waals surface area (Å²) >= 11 is 0. The lowest BCUT2D eigenvalue weighted by Crippen LogP contribution is -1.94. The van der Waals surface area contributed by atoms with E-state index in [-0.39, 0.29) is 37.7 Å². The Hall–Kier alpha value is -0.480. The SMILES string of the molecule is Cl.Cl.O=C(O)CCCCCCCCCCC(=O)O. The Kier molecular flexibility index (Phi) is 20.8. The number of unbranched alkanes of at least 4 members (excludes halogenated alkanes) is 7. The molecule has 0 fully saturated rings. The fraction of sp³-hybridized carbons (Fsp3) is 0.833. The quantitative estimate of drug-likeness (QED) is 0.568. The Labute approximate surface area is 121 Å².